The van der Waals surface area contributed by atoms with Gasteiger partial charge >= 0.3 is 0 Å². The number of fused-ring (bicyclic) bond motifs is 1. The lowest BCUT2D eigenvalue weighted by Gasteiger charge is -2.33. The van der Waals surface area contributed by atoms with E-state index in [0.717, 1.165) is 24.8 Å². The van der Waals surface area contributed by atoms with Crippen LogP contribution in [0, 0.1) is 0 Å². The van der Waals surface area contributed by atoms with Crippen molar-refractivity contribution in [3.05, 3.63) is 57.6 Å². The molecule has 2 aromatic rings. The average Bonchev–Trinajstić information content (AvgIpc) is 3.20. The van der Waals surface area contributed by atoms with Crippen LogP contribution < -0.4 is 5.32 Å². The Morgan fingerprint density at radius 2 is 1.73 bits per heavy atom. The first-order chi connectivity index (χ1) is 14.3. The summed E-state index contributed by atoms with van der Waals surface area (Å²) in [6.45, 7) is 1.84. The molecule has 6 nitrogen and oxygen atoms in total. The van der Waals surface area contributed by atoms with Gasteiger partial charge in [-0.15, -0.1) is 0 Å². The summed E-state index contributed by atoms with van der Waals surface area (Å²) < 4.78 is 27.6. The van der Waals surface area contributed by atoms with Gasteiger partial charge in [0.05, 0.1) is 27.2 Å². The van der Waals surface area contributed by atoms with Gasteiger partial charge in [-0.25, -0.2) is 8.42 Å². The van der Waals surface area contributed by atoms with E-state index in [4.69, 9.17) is 23.2 Å². The number of hydrogen-bond donors (Lipinski definition) is 1. The van der Waals surface area contributed by atoms with Crippen molar-refractivity contribution in [1.29, 1.82) is 0 Å². The van der Waals surface area contributed by atoms with Gasteiger partial charge in [0.1, 0.15) is 0 Å². The monoisotopic (exact) mass is 467 g/mol. The molecule has 2 aliphatic rings. The standard InChI is InChI=1S/C21H23Cl2N3O3S/c22-18-5-2-6-19(21(18)23)24-20(27)14-25-9-11-26(12-10-25)30(28,29)17-8-7-15-3-1-4-16(15)13-17/h2,5-8,13H,1,3-4,9-12,14H2,(H,24,27). The summed E-state index contributed by atoms with van der Waals surface area (Å²) in [5.74, 6) is -0.214. The number of piperazine rings is 1. The van der Waals surface area contributed by atoms with Gasteiger partial charge in [0.2, 0.25) is 15.9 Å². The molecular formula is C21H23Cl2N3O3S. The first kappa shape index (κ1) is 21.6. The van der Waals surface area contributed by atoms with Crippen molar-refractivity contribution >= 4 is 44.8 Å². The van der Waals surface area contributed by atoms with Gasteiger partial charge in [-0.2, -0.15) is 4.31 Å². The minimum atomic E-state index is -3.52. The topological polar surface area (TPSA) is 69.7 Å². The number of anilines is 1. The van der Waals surface area contributed by atoms with Crippen LogP contribution in [-0.2, 0) is 27.7 Å². The smallest absolute Gasteiger partial charge is 0.243 e. The molecule has 1 fully saturated rings. The van der Waals surface area contributed by atoms with Crippen LogP contribution in [-0.4, -0.2) is 56.3 Å². The van der Waals surface area contributed by atoms with Crippen molar-refractivity contribution in [3.63, 3.8) is 0 Å². The molecular weight excluding hydrogens is 445 g/mol. The van der Waals surface area contributed by atoms with Crippen LogP contribution in [0.4, 0.5) is 5.69 Å². The second-order valence-electron chi connectivity index (χ2n) is 7.61. The van der Waals surface area contributed by atoms with Gasteiger partial charge in [0.15, 0.2) is 0 Å². The predicted octanol–water partition coefficient (Wildman–Crippen LogP) is 3.43. The Bertz CT molecular complexity index is 1070. The van der Waals surface area contributed by atoms with Crippen molar-refractivity contribution in [2.24, 2.45) is 0 Å². The molecule has 1 aliphatic carbocycles. The van der Waals surface area contributed by atoms with Gasteiger partial charge in [0.25, 0.3) is 0 Å². The maximum atomic E-state index is 13.0. The minimum Gasteiger partial charge on any atom is -0.324 e. The van der Waals surface area contributed by atoms with Crippen LogP contribution >= 0.6 is 23.2 Å². The fourth-order valence-electron chi connectivity index (χ4n) is 3.98. The van der Waals surface area contributed by atoms with Crippen LogP contribution in [0.3, 0.4) is 0 Å². The summed E-state index contributed by atoms with van der Waals surface area (Å²) in [4.78, 5) is 14.7. The van der Waals surface area contributed by atoms with E-state index in [0.29, 0.717) is 46.8 Å². The number of halogens is 2. The molecule has 9 heteroatoms. The Morgan fingerprint density at radius 3 is 2.50 bits per heavy atom. The largest absolute Gasteiger partial charge is 0.324 e. The zero-order chi connectivity index (χ0) is 21.3. The van der Waals surface area contributed by atoms with E-state index in [9.17, 15) is 13.2 Å². The highest BCUT2D eigenvalue weighted by molar-refractivity contribution is 7.89. The third-order valence-electron chi connectivity index (χ3n) is 5.63. The molecule has 1 saturated heterocycles. The Hall–Kier alpha value is -1.64. The number of nitrogens with one attached hydrogen (secondary N) is 1. The molecule has 1 N–H and O–H groups in total. The Morgan fingerprint density at radius 1 is 1.00 bits per heavy atom. The summed E-state index contributed by atoms with van der Waals surface area (Å²) in [5, 5.41) is 3.44. The maximum absolute atomic E-state index is 13.0. The van der Waals surface area contributed by atoms with Crippen LogP contribution in [0.1, 0.15) is 17.5 Å². The van der Waals surface area contributed by atoms with Crippen molar-refractivity contribution in [2.75, 3.05) is 38.0 Å². The molecule has 0 aromatic heterocycles. The first-order valence-corrected chi connectivity index (χ1v) is 12.1. The van der Waals surface area contributed by atoms with E-state index in [-0.39, 0.29) is 12.5 Å². The zero-order valence-corrected chi connectivity index (χ0v) is 18.7. The van der Waals surface area contributed by atoms with Crippen LogP contribution in [0.15, 0.2) is 41.3 Å². The summed E-state index contributed by atoms with van der Waals surface area (Å²) in [7, 11) is -3.52. The molecule has 1 aliphatic heterocycles. The SMILES string of the molecule is O=C(CN1CCN(S(=O)(=O)c2ccc3c(c2)CCC3)CC1)Nc1cccc(Cl)c1Cl. The van der Waals surface area contributed by atoms with Gasteiger partial charge in [-0.3, -0.25) is 9.69 Å². The van der Waals surface area contributed by atoms with Gasteiger partial charge in [0, 0.05) is 26.2 Å². The second kappa shape index (κ2) is 8.85. The molecule has 0 saturated carbocycles. The highest BCUT2D eigenvalue weighted by Crippen LogP contribution is 2.30. The van der Waals surface area contributed by atoms with Crippen LogP contribution in [0.2, 0.25) is 10.0 Å². The third-order valence-corrected chi connectivity index (χ3v) is 8.35. The molecule has 0 spiro atoms. The van der Waals surface area contributed by atoms with E-state index in [1.165, 1.54) is 9.87 Å². The van der Waals surface area contributed by atoms with E-state index in [2.05, 4.69) is 5.32 Å². The number of sulfonamides is 1. The molecule has 1 heterocycles. The number of nitrogens with zero attached hydrogens (tertiary/aromatic N) is 2. The fraction of sp³-hybridized carbons (Fsp3) is 0.381. The molecule has 4 rings (SSSR count). The number of rotatable bonds is 5. The molecule has 0 bridgehead atoms. The van der Waals surface area contributed by atoms with E-state index < -0.39 is 10.0 Å². The molecule has 1 amide bonds. The molecule has 0 unspecified atom stereocenters. The first-order valence-electron chi connectivity index (χ1n) is 9.93. The van der Waals surface area contributed by atoms with Crippen molar-refractivity contribution < 1.29 is 13.2 Å². The average molecular weight is 468 g/mol. The predicted molar refractivity (Wildman–Crippen MR) is 119 cm³/mol. The highest BCUT2D eigenvalue weighted by Gasteiger charge is 2.30. The second-order valence-corrected chi connectivity index (χ2v) is 10.3. The van der Waals surface area contributed by atoms with Crippen molar-refractivity contribution in [1.82, 2.24) is 9.21 Å². The molecule has 30 heavy (non-hydrogen) atoms. The normalized spacial score (nSPS) is 17.7. The van der Waals surface area contributed by atoms with Gasteiger partial charge < -0.3 is 5.32 Å². The van der Waals surface area contributed by atoms with Gasteiger partial charge in [-0.1, -0.05) is 35.3 Å². The van der Waals surface area contributed by atoms with Crippen molar-refractivity contribution in [2.45, 2.75) is 24.2 Å². The van der Waals surface area contributed by atoms with Crippen molar-refractivity contribution in [3.8, 4) is 0 Å². The number of carbonyl (C=O) groups excluding carboxylic acids is 1. The number of carbonyl (C=O) groups is 1. The van der Waals surface area contributed by atoms with E-state index in [1.807, 2.05) is 17.0 Å². The molecule has 0 atom stereocenters. The van der Waals surface area contributed by atoms with Gasteiger partial charge in [-0.05, 0) is 54.7 Å². The lowest BCUT2D eigenvalue weighted by atomic mass is 10.1. The summed E-state index contributed by atoms with van der Waals surface area (Å²) >= 11 is 12.1. The molecule has 0 radical (unpaired) electrons. The third kappa shape index (κ3) is 4.50. The maximum Gasteiger partial charge on any atom is 0.243 e. The highest BCUT2D eigenvalue weighted by atomic mass is 35.5. The molecule has 2 aromatic carbocycles. The number of aryl methyl sites for hydroxylation is 2. The summed E-state index contributed by atoms with van der Waals surface area (Å²) in [6.07, 6.45) is 3.05. The fourth-order valence-corrected chi connectivity index (χ4v) is 5.80. The minimum absolute atomic E-state index is 0.162. The Balaban J connectivity index is 1.34. The number of hydrogen-bond acceptors (Lipinski definition) is 4. The lowest BCUT2D eigenvalue weighted by Crippen LogP contribution is -2.50. The quantitative estimate of drug-likeness (QED) is 0.730. The van der Waals surface area contributed by atoms with Crippen LogP contribution in [0.5, 0.6) is 0 Å². The van der Waals surface area contributed by atoms with E-state index in [1.54, 1.807) is 24.3 Å². The summed E-state index contributed by atoms with van der Waals surface area (Å²) in [6, 6.07) is 10.5. The number of amides is 1. The lowest BCUT2D eigenvalue weighted by molar-refractivity contribution is -0.117. The Labute approximate surface area is 186 Å². The number of benzene rings is 2. The Kier molecular flexibility index (Phi) is 6.36. The van der Waals surface area contributed by atoms with Crippen LogP contribution in [0.25, 0.3) is 0 Å². The molecule has 160 valence electrons. The zero-order valence-electron chi connectivity index (χ0n) is 16.4. The summed E-state index contributed by atoms with van der Waals surface area (Å²) in [5.41, 5.74) is 2.86. The van der Waals surface area contributed by atoms with E-state index >= 15 is 0 Å².